The molecule has 0 aromatic carbocycles. The van der Waals surface area contributed by atoms with E-state index in [0.717, 1.165) is 6.42 Å². The van der Waals surface area contributed by atoms with Crippen molar-refractivity contribution in [1.82, 2.24) is 5.32 Å². The van der Waals surface area contributed by atoms with Crippen LogP contribution in [0.2, 0.25) is 0 Å². The molecule has 3 unspecified atom stereocenters. The summed E-state index contributed by atoms with van der Waals surface area (Å²) in [6.45, 7) is 2.33. The van der Waals surface area contributed by atoms with E-state index < -0.39 is 17.7 Å². The number of aliphatic carboxylic acids is 1. The minimum Gasteiger partial charge on any atom is -0.480 e. The van der Waals surface area contributed by atoms with Gasteiger partial charge < -0.3 is 9.84 Å². The SMILES string of the molecule is CC1CCC(CNC(C)(C(=O)O)C(F)(F)F)O1. The van der Waals surface area contributed by atoms with E-state index in [2.05, 4.69) is 0 Å². The molecule has 0 radical (unpaired) electrons. The zero-order chi connectivity index (χ0) is 13.3. The number of carbonyl (C=O) groups is 1. The molecule has 1 heterocycles. The summed E-state index contributed by atoms with van der Waals surface area (Å²) in [6, 6.07) is 0. The van der Waals surface area contributed by atoms with Crippen molar-refractivity contribution in [3.63, 3.8) is 0 Å². The number of ether oxygens (including phenoxy) is 1. The maximum absolute atomic E-state index is 12.6. The van der Waals surface area contributed by atoms with E-state index in [1.807, 2.05) is 12.2 Å². The third-order valence-corrected chi connectivity index (χ3v) is 3.00. The zero-order valence-electron chi connectivity index (χ0n) is 9.67. The zero-order valence-corrected chi connectivity index (χ0v) is 9.67. The standard InChI is InChI=1S/C10H16F3NO3/c1-6-3-4-7(17-6)5-14-9(2,8(15)16)10(11,12)13/h6-7,14H,3-5H2,1-2H3,(H,15,16). The minimum absolute atomic E-state index is 0.0174. The molecular weight excluding hydrogens is 239 g/mol. The Morgan fingerprint density at radius 3 is 2.41 bits per heavy atom. The van der Waals surface area contributed by atoms with Gasteiger partial charge in [0.15, 0.2) is 0 Å². The number of carboxylic acid groups (broad SMARTS) is 1. The van der Waals surface area contributed by atoms with Gasteiger partial charge in [-0.25, -0.2) is 4.79 Å². The average molecular weight is 255 g/mol. The lowest BCUT2D eigenvalue weighted by Gasteiger charge is -2.29. The van der Waals surface area contributed by atoms with Gasteiger partial charge in [-0.05, 0) is 26.7 Å². The van der Waals surface area contributed by atoms with Crippen LogP contribution in [0.5, 0.6) is 0 Å². The van der Waals surface area contributed by atoms with Gasteiger partial charge in [-0.2, -0.15) is 13.2 Å². The monoisotopic (exact) mass is 255 g/mol. The van der Waals surface area contributed by atoms with Crippen molar-refractivity contribution in [2.24, 2.45) is 0 Å². The molecule has 17 heavy (non-hydrogen) atoms. The van der Waals surface area contributed by atoms with Gasteiger partial charge in [0, 0.05) is 6.54 Å². The average Bonchev–Trinajstić information content (AvgIpc) is 2.58. The molecule has 0 spiro atoms. The van der Waals surface area contributed by atoms with Crippen molar-refractivity contribution in [3.05, 3.63) is 0 Å². The Labute approximate surface area is 97.1 Å². The maximum Gasteiger partial charge on any atom is 0.417 e. The van der Waals surface area contributed by atoms with Crippen molar-refractivity contribution in [3.8, 4) is 0 Å². The molecule has 7 heteroatoms. The molecule has 0 bridgehead atoms. The fourth-order valence-corrected chi connectivity index (χ4v) is 1.65. The number of halogens is 3. The van der Waals surface area contributed by atoms with Crippen LogP contribution in [0.25, 0.3) is 0 Å². The molecule has 0 aliphatic carbocycles. The van der Waals surface area contributed by atoms with Gasteiger partial charge in [0.2, 0.25) is 5.54 Å². The van der Waals surface area contributed by atoms with Crippen LogP contribution < -0.4 is 5.32 Å². The third-order valence-electron chi connectivity index (χ3n) is 3.00. The Balaban J connectivity index is 2.60. The van der Waals surface area contributed by atoms with Crippen LogP contribution >= 0.6 is 0 Å². The second kappa shape index (κ2) is 4.81. The van der Waals surface area contributed by atoms with Gasteiger partial charge in [-0.15, -0.1) is 0 Å². The number of rotatable bonds is 4. The summed E-state index contributed by atoms with van der Waals surface area (Å²) in [6.07, 6.45) is -3.76. The normalized spacial score (nSPS) is 29.0. The van der Waals surface area contributed by atoms with Crippen LogP contribution in [0.4, 0.5) is 13.2 Å². The molecule has 1 aliphatic heterocycles. The molecule has 0 amide bonds. The molecule has 1 rings (SSSR count). The Morgan fingerprint density at radius 2 is 2.06 bits per heavy atom. The first-order valence-electron chi connectivity index (χ1n) is 5.37. The van der Waals surface area contributed by atoms with Crippen LogP contribution in [0, 0.1) is 0 Å². The van der Waals surface area contributed by atoms with Crippen LogP contribution in [0.15, 0.2) is 0 Å². The molecule has 1 fully saturated rings. The maximum atomic E-state index is 12.6. The van der Waals surface area contributed by atoms with E-state index in [9.17, 15) is 18.0 Å². The number of nitrogens with one attached hydrogen (secondary N) is 1. The summed E-state index contributed by atoms with van der Waals surface area (Å²) in [5.74, 6) is -1.93. The highest BCUT2D eigenvalue weighted by Crippen LogP contribution is 2.31. The second-order valence-corrected chi connectivity index (χ2v) is 4.45. The molecule has 4 nitrogen and oxygen atoms in total. The van der Waals surface area contributed by atoms with Gasteiger partial charge in [-0.1, -0.05) is 0 Å². The second-order valence-electron chi connectivity index (χ2n) is 4.45. The van der Waals surface area contributed by atoms with Crippen molar-refractivity contribution in [1.29, 1.82) is 0 Å². The molecule has 3 atom stereocenters. The Bertz CT molecular complexity index is 295. The molecule has 2 N–H and O–H groups in total. The van der Waals surface area contributed by atoms with Crippen LogP contribution in [-0.4, -0.2) is 41.5 Å². The highest BCUT2D eigenvalue weighted by Gasteiger charge is 2.57. The first-order valence-corrected chi connectivity index (χ1v) is 5.37. The largest absolute Gasteiger partial charge is 0.480 e. The molecule has 0 aromatic rings. The van der Waals surface area contributed by atoms with Crippen LogP contribution in [-0.2, 0) is 9.53 Å². The van der Waals surface area contributed by atoms with E-state index >= 15 is 0 Å². The lowest BCUT2D eigenvalue weighted by Crippen LogP contribution is -2.61. The van der Waals surface area contributed by atoms with Gasteiger partial charge in [-0.3, -0.25) is 5.32 Å². The molecule has 0 saturated carbocycles. The van der Waals surface area contributed by atoms with Gasteiger partial charge in [0.25, 0.3) is 0 Å². The molecule has 0 aromatic heterocycles. The smallest absolute Gasteiger partial charge is 0.417 e. The molecule has 100 valence electrons. The molecular formula is C10H16F3NO3. The van der Waals surface area contributed by atoms with Gasteiger partial charge in [0.1, 0.15) is 0 Å². The lowest BCUT2D eigenvalue weighted by atomic mass is 10.0. The highest BCUT2D eigenvalue weighted by atomic mass is 19.4. The predicted molar refractivity (Wildman–Crippen MR) is 53.7 cm³/mol. The van der Waals surface area contributed by atoms with E-state index in [0.29, 0.717) is 13.3 Å². The number of hydrogen-bond donors (Lipinski definition) is 2. The summed E-state index contributed by atoms with van der Waals surface area (Å²) >= 11 is 0. The van der Waals surface area contributed by atoms with Crippen molar-refractivity contribution in [2.75, 3.05) is 6.54 Å². The van der Waals surface area contributed by atoms with Crippen molar-refractivity contribution < 1.29 is 27.8 Å². The van der Waals surface area contributed by atoms with Crippen molar-refractivity contribution in [2.45, 2.75) is 50.6 Å². The number of alkyl halides is 3. The van der Waals surface area contributed by atoms with E-state index in [1.54, 1.807) is 0 Å². The lowest BCUT2D eigenvalue weighted by molar-refractivity contribution is -0.206. The summed E-state index contributed by atoms with van der Waals surface area (Å²) in [5.41, 5.74) is -2.93. The summed E-state index contributed by atoms with van der Waals surface area (Å²) in [4.78, 5) is 10.7. The molecule has 1 aliphatic rings. The van der Waals surface area contributed by atoms with Crippen LogP contribution in [0.3, 0.4) is 0 Å². The van der Waals surface area contributed by atoms with Gasteiger partial charge >= 0.3 is 12.1 Å². The summed E-state index contributed by atoms with van der Waals surface area (Å²) in [7, 11) is 0. The van der Waals surface area contributed by atoms with E-state index in [4.69, 9.17) is 9.84 Å². The minimum atomic E-state index is -4.84. The fraction of sp³-hybridized carbons (Fsp3) is 0.900. The number of carboxylic acids is 1. The first-order chi connectivity index (χ1) is 7.67. The third kappa shape index (κ3) is 3.10. The van der Waals surface area contributed by atoms with E-state index in [-0.39, 0.29) is 18.8 Å². The van der Waals surface area contributed by atoms with E-state index in [1.165, 1.54) is 0 Å². The topological polar surface area (TPSA) is 58.6 Å². The molecule has 1 saturated heterocycles. The Morgan fingerprint density at radius 1 is 1.47 bits per heavy atom. The van der Waals surface area contributed by atoms with Crippen LogP contribution in [0.1, 0.15) is 26.7 Å². The summed E-state index contributed by atoms with van der Waals surface area (Å²) in [5, 5.41) is 10.7. The van der Waals surface area contributed by atoms with Gasteiger partial charge in [0.05, 0.1) is 12.2 Å². The Kier molecular flexibility index (Phi) is 4.03. The Hall–Kier alpha value is -0.820. The highest BCUT2D eigenvalue weighted by molar-refractivity contribution is 5.79. The quantitative estimate of drug-likeness (QED) is 0.800. The summed E-state index contributed by atoms with van der Waals surface area (Å²) < 4.78 is 43.2. The predicted octanol–water partition coefficient (Wildman–Crippen LogP) is 1.55. The van der Waals surface area contributed by atoms with Crippen molar-refractivity contribution >= 4 is 5.97 Å². The fourth-order valence-electron chi connectivity index (χ4n) is 1.65. The first kappa shape index (κ1) is 14.2. The number of hydrogen-bond acceptors (Lipinski definition) is 3.